The van der Waals surface area contributed by atoms with Crippen LogP contribution in [0.2, 0.25) is 0 Å². The fourth-order valence-electron chi connectivity index (χ4n) is 2.03. The minimum atomic E-state index is 0.0227. The minimum absolute atomic E-state index is 0.0227. The molecule has 0 aliphatic carbocycles. The Balaban J connectivity index is 2.07. The van der Waals surface area contributed by atoms with Crippen molar-refractivity contribution in [1.82, 2.24) is 25.1 Å². The van der Waals surface area contributed by atoms with Gasteiger partial charge in [0.2, 0.25) is 0 Å². The zero-order valence-corrected chi connectivity index (χ0v) is 12.4. The van der Waals surface area contributed by atoms with Crippen LogP contribution in [0.25, 0.3) is 0 Å². The maximum atomic E-state index is 12.4. The van der Waals surface area contributed by atoms with Gasteiger partial charge in [0.05, 0.1) is 6.54 Å². The van der Waals surface area contributed by atoms with Crippen molar-refractivity contribution in [1.29, 1.82) is 0 Å². The smallest absolute Gasteiger partial charge is 0.254 e. The molecule has 6 heteroatoms. The summed E-state index contributed by atoms with van der Waals surface area (Å²) in [7, 11) is 0. The number of carbonyl (C=O) groups excluding carboxylic acids is 1. The maximum Gasteiger partial charge on any atom is 0.254 e. The van der Waals surface area contributed by atoms with Crippen LogP contribution in [-0.4, -0.2) is 44.1 Å². The molecule has 0 fully saturated rings. The standard InChI is InChI=1S/C15H19N5O/c1-4-19(9-12(2)3)15(21)14-7-5-13(6-8-14)10-20-11-16-17-18-20/h5-8,11H,2,4,9-10H2,1,3H3. The number of tetrazole rings is 1. The fourth-order valence-corrected chi connectivity index (χ4v) is 2.03. The molecule has 0 aliphatic rings. The van der Waals surface area contributed by atoms with Crippen molar-refractivity contribution < 1.29 is 4.79 Å². The molecule has 2 aromatic rings. The Bertz CT molecular complexity index is 604. The van der Waals surface area contributed by atoms with Crippen molar-refractivity contribution in [2.24, 2.45) is 0 Å². The normalized spacial score (nSPS) is 10.4. The molecule has 1 heterocycles. The molecule has 1 aromatic heterocycles. The van der Waals surface area contributed by atoms with E-state index in [1.54, 1.807) is 15.9 Å². The number of amides is 1. The first kappa shape index (κ1) is 14.9. The number of hydrogen-bond donors (Lipinski definition) is 0. The third-order valence-corrected chi connectivity index (χ3v) is 3.07. The lowest BCUT2D eigenvalue weighted by atomic mass is 10.1. The van der Waals surface area contributed by atoms with E-state index in [1.165, 1.54) is 0 Å². The molecule has 2 rings (SSSR count). The predicted octanol–water partition coefficient (Wildman–Crippen LogP) is 1.76. The number of benzene rings is 1. The first-order valence-electron chi connectivity index (χ1n) is 6.83. The van der Waals surface area contributed by atoms with Crippen molar-refractivity contribution in [2.45, 2.75) is 20.4 Å². The number of nitrogens with zero attached hydrogens (tertiary/aromatic N) is 5. The molecule has 0 radical (unpaired) electrons. The highest BCUT2D eigenvalue weighted by Crippen LogP contribution is 2.10. The molecule has 0 saturated heterocycles. The molecule has 0 spiro atoms. The molecular weight excluding hydrogens is 266 g/mol. The summed E-state index contributed by atoms with van der Waals surface area (Å²) in [5, 5.41) is 11.0. The molecule has 0 aliphatic heterocycles. The van der Waals surface area contributed by atoms with Gasteiger partial charge < -0.3 is 4.90 Å². The lowest BCUT2D eigenvalue weighted by Crippen LogP contribution is -2.32. The fraction of sp³-hybridized carbons (Fsp3) is 0.333. The van der Waals surface area contributed by atoms with Crippen molar-refractivity contribution in [3.05, 3.63) is 53.9 Å². The Morgan fingerprint density at radius 3 is 2.57 bits per heavy atom. The number of aromatic nitrogens is 4. The van der Waals surface area contributed by atoms with Crippen molar-refractivity contribution in [3.8, 4) is 0 Å². The quantitative estimate of drug-likeness (QED) is 0.759. The highest BCUT2D eigenvalue weighted by molar-refractivity contribution is 5.94. The Morgan fingerprint density at radius 2 is 2.05 bits per heavy atom. The largest absolute Gasteiger partial charge is 0.335 e. The number of carbonyl (C=O) groups is 1. The van der Waals surface area contributed by atoms with E-state index in [0.29, 0.717) is 25.2 Å². The van der Waals surface area contributed by atoms with Gasteiger partial charge in [-0.1, -0.05) is 24.3 Å². The predicted molar refractivity (Wildman–Crippen MR) is 79.8 cm³/mol. The Hall–Kier alpha value is -2.50. The van der Waals surface area contributed by atoms with Crippen LogP contribution >= 0.6 is 0 Å². The van der Waals surface area contributed by atoms with Gasteiger partial charge in [0.25, 0.3) is 5.91 Å². The van der Waals surface area contributed by atoms with E-state index >= 15 is 0 Å². The van der Waals surface area contributed by atoms with Crippen LogP contribution in [0.1, 0.15) is 29.8 Å². The van der Waals surface area contributed by atoms with Crippen LogP contribution in [0, 0.1) is 0 Å². The van der Waals surface area contributed by atoms with Gasteiger partial charge in [-0.2, -0.15) is 0 Å². The summed E-state index contributed by atoms with van der Waals surface area (Å²) < 4.78 is 1.64. The van der Waals surface area contributed by atoms with Crippen LogP contribution in [-0.2, 0) is 6.54 Å². The van der Waals surface area contributed by atoms with Gasteiger partial charge >= 0.3 is 0 Å². The number of likely N-dealkylation sites (N-methyl/N-ethyl adjacent to an activating group) is 1. The van der Waals surface area contributed by atoms with E-state index in [4.69, 9.17) is 0 Å². The second-order valence-corrected chi connectivity index (χ2v) is 4.98. The summed E-state index contributed by atoms with van der Waals surface area (Å²) in [5.41, 5.74) is 2.70. The number of rotatable bonds is 6. The zero-order chi connectivity index (χ0) is 15.2. The molecule has 0 saturated carbocycles. The van der Waals surface area contributed by atoms with Gasteiger partial charge in [0, 0.05) is 18.7 Å². The van der Waals surface area contributed by atoms with Gasteiger partial charge in [-0.05, 0) is 42.0 Å². The average Bonchev–Trinajstić information content (AvgIpc) is 2.97. The molecule has 1 aromatic carbocycles. The Kier molecular flexibility index (Phi) is 4.81. The van der Waals surface area contributed by atoms with Crippen LogP contribution in [0.5, 0.6) is 0 Å². The van der Waals surface area contributed by atoms with Crippen molar-refractivity contribution >= 4 is 5.91 Å². The molecule has 110 valence electrons. The first-order valence-corrected chi connectivity index (χ1v) is 6.83. The minimum Gasteiger partial charge on any atom is -0.335 e. The zero-order valence-electron chi connectivity index (χ0n) is 12.4. The molecule has 1 amide bonds. The highest BCUT2D eigenvalue weighted by Gasteiger charge is 2.13. The molecular formula is C15H19N5O. The van der Waals surface area contributed by atoms with Crippen LogP contribution < -0.4 is 0 Å². The van der Waals surface area contributed by atoms with Gasteiger partial charge in [0.15, 0.2) is 0 Å². The molecule has 0 N–H and O–H groups in total. The Labute approximate surface area is 124 Å². The highest BCUT2D eigenvalue weighted by atomic mass is 16.2. The van der Waals surface area contributed by atoms with Crippen LogP contribution in [0.3, 0.4) is 0 Å². The molecule has 21 heavy (non-hydrogen) atoms. The Morgan fingerprint density at radius 1 is 1.33 bits per heavy atom. The lowest BCUT2D eigenvalue weighted by molar-refractivity contribution is 0.0778. The summed E-state index contributed by atoms with van der Waals surface area (Å²) in [4.78, 5) is 14.2. The molecule has 6 nitrogen and oxygen atoms in total. The second kappa shape index (κ2) is 6.78. The van der Waals surface area contributed by atoms with E-state index < -0.39 is 0 Å². The van der Waals surface area contributed by atoms with Crippen LogP contribution in [0.4, 0.5) is 0 Å². The molecule has 0 bridgehead atoms. The van der Waals surface area contributed by atoms with E-state index in [1.807, 2.05) is 38.1 Å². The maximum absolute atomic E-state index is 12.4. The van der Waals surface area contributed by atoms with Gasteiger partial charge in [-0.15, -0.1) is 5.10 Å². The third-order valence-electron chi connectivity index (χ3n) is 3.07. The van der Waals surface area contributed by atoms with Crippen LogP contribution in [0.15, 0.2) is 42.7 Å². The van der Waals surface area contributed by atoms with E-state index in [9.17, 15) is 4.79 Å². The number of hydrogen-bond acceptors (Lipinski definition) is 4. The first-order chi connectivity index (χ1) is 10.1. The van der Waals surface area contributed by atoms with E-state index in [2.05, 4.69) is 22.1 Å². The summed E-state index contributed by atoms with van der Waals surface area (Å²) in [5.74, 6) is 0.0227. The second-order valence-electron chi connectivity index (χ2n) is 4.98. The van der Waals surface area contributed by atoms with Gasteiger partial charge in [0.1, 0.15) is 6.33 Å². The van der Waals surface area contributed by atoms with Gasteiger partial charge in [-0.25, -0.2) is 4.68 Å². The summed E-state index contributed by atoms with van der Waals surface area (Å²) in [6.45, 7) is 9.58. The summed E-state index contributed by atoms with van der Waals surface area (Å²) in [6.07, 6.45) is 1.56. The van der Waals surface area contributed by atoms with E-state index in [0.717, 1.165) is 11.1 Å². The SMILES string of the molecule is C=C(C)CN(CC)C(=O)c1ccc(Cn2cnnn2)cc1. The monoisotopic (exact) mass is 285 g/mol. The third kappa shape index (κ3) is 3.98. The van der Waals surface area contributed by atoms with Gasteiger partial charge in [-0.3, -0.25) is 4.79 Å². The van der Waals surface area contributed by atoms with Crippen molar-refractivity contribution in [2.75, 3.05) is 13.1 Å². The summed E-state index contributed by atoms with van der Waals surface area (Å²) in [6, 6.07) is 7.51. The average molecular weight is 285 g/mol. The lowest BCUT2D eigenvalue weighted by Gasteiger charge is -2.21. The van der Waals surface area contributed by atoms with Crippen molar-refractivity contribution in [3.63, 3.8) is 0 Å². The molecule has 0 atom stereocenters. The summed E-state index contributed by atoms with van der Waals surface area (Å²) >= 11 is 0. The van der Waals surface area contributed by atoms with E-state index in [-0.39, 0.29) is 5.91 Å². The molecule has 0 unspecified atom stereocenters. The topological polar surface area (TPSA) is 63.9 Å².